The van der Waals surface area contributed by atoms with Crippen LogP contribution in [-0.2, 0) is 22.7 Å². The molecule has 0 aliphatic rings. The van der Waals surface area contributed by atoms with Gasteiger partial charge in [0.2, 0.25) is 0 Å². The standard InChI is InChI=1S/C19H24FN3O5/c1-12(2)9-15(17(24)25)21-16(18(26)27)11-23-8-7-22(19(23)28)10-13-3-5-14(20)6-4-13/h3-8,12,15-16,21H,9-11H2,1-2H3,(H,24,25)(H,26,27). The van der Waals surface area contributed by atoms with Crippen LogP contribution in [0.1, 0.15) is 25.8 Å². The van der Waals surface area contributed by atoms with Gasteiger partial charge < -0.3 is 10.2 Å². The van der Waals surface area contributed by atoms with Crippen molar-refractivity contribution in [3.63, 3.8) is 0 Å². The molecule has 1 aromatic carbocycles. The van der Waals surface area contributed by atoms with Gasteiger partial charge in [0.1, 0.15) is 17.9 Å². The minimum atomic E-state index is -1.24. The van der Waals surface area contributed by atoms with E-state index in [4.69, 9.17) is 0 Å². The van der Waals surface area contributed by atoms with E-state index in [0.29, 0.717) is 0 Å². The van der Waals surface area contributed by atoms with Crippen LogP contribution in [0.15, 0.2) is 41.5 Å². The van der Waals surface area contributed by atoms with Gasteiger partial charge in [-0.1, -0.05) is 26.0 Å². The number of imidazole rings is 1. The number of hydrogen-bond acceptors (Lipinski definition) is 4. The quantitative estimate of drug-likeness (QED) is 0.562. The van der Waals surface area contributed by atoms with E-state index < -0.39 is 29.7 Å². The summed E-state index contributed by atoms with van der Waals surface area (Å²) in [5.74, 6) is -2.70. The van der Waals surface area contributed by atoms with Crippen molar-refractivity contribution in [1.29, 1.82) is 0 Å². The fraction of sp³-hybridized carbons (Fsp3) is 0.421. The number of nitrogens with one attached hydrogen (secondary N) is 1. The van der Waals surface area contributed by atoms with Crippen molar-refractivity contribution >= 4 is 11.9 Å². The smallest absolute Gasteiger partial charge is 0.328 e. The molecular weight excluding hydrogens is 369 g/mol. The molecule has 0 amide bonds. The lowest BCUT2D eigenvalue weighted by Crippen LogP contribution is -2.50. The fourth-order valence-electron chi connectivity index (χ4n) is 2.85. The molecule has 0 aliphatic carbocycles. The number of halogens is 1. The molecular formula is C19H24FN3O5. The predicted octanol–water partition coefficient (Wildman–Crippen LogP) is 1.38. The summed E-state index contributed by atoms with van der Waals surface area (Å²) in [5.41, 5.74) is 0.283. The van der Waals surface area contributed by atoms with Crippen LogP contribution in [0.2, 0.25) is 0 Å². The summed E-state index contributed by atoms with van der Waals surface area (Å²) < 4.78 is 15.6. The molecule has 1 heterocycles. The molecule has 8 nitrogen and oxygen atoms in total. The van der Waals surface area contributed by atoms with E-state index >= 15 is 0 Å². The molecule has 28 heavy (non-hydrogen) atoms. The highest BCUT2D eigenvalue weighted by molar-refractivity contribution is 5.77. The molecule has 2 unspecified atom stereocenters. The second kappa shape index (κ2) is 9.32. The Morgan fingerprint density at radius 3 is 2.14 bits per heavy atom. The summed E-state index contributed by atoms with van der Waals surface area (Å²) in [6.45, 7) is 3.68. The molecule has 2 aromatic rings. The van der Waals surface area contributed by atoms with Crippen molar-refractivity contribution in [2.24, 2.45) is 5.92 Å². The van der Waals surface area contributed by atoms with Crippen molar-refractivity contribution in [3.05, 3.63) is 58.5 Å². The van der Waals surface area contributed by atoms with Crippen molar-refractivity contribution < 1.29 is 24.2 Å². The summed E-state index contributed by atoms with van der Waals surface area (Å²) in [6, 6.07) is 3.44. The molecule has 2 atom stereocenters. The maximum atomic E-state index is 13.0. The Bertz CT molecular complexity index is 872. The Kier molecular flexibility index (Phi) is 7.11. The monoisotopic (exact) mass is 393 g/mol. The van der Waals surface area contributed by atoms with Crippen LogP contribution in [0, 0.1) is 11.7 Å². The van der Waals surface area contributed by atoms with Gasteiger partial charge in [-0.15, -0.1) is 0 Å². The second-order valence-corrected chi connectivity index (χ2v) is 7.07. The molecule has 2 rings (SSSR count). The van der Waals surface area contributed by atoms with Gasteiger partial charge >= 0.3 is 17.6 Å². The Morgan fingerprint density at radius 2 is 1.61 bits per heavy atom. The Balaban J connectivity index is 2.14. The average molecular weight is 393 g/mol. The van der Waals surface area contributed by atoms with E-state index in [2.05, 4.69) is 5.32 Å². The third-order valence-electron chi connectivity index (χ3n) is 4.27. The third-order valence-corrected chi connectivity index (χ3v) is 4.27. The first-order chi connectivity index (χ1) is 13.2. The van der Waals surface area contributed by atoms with Gasteiger partial charge in [-0.2, -0.15) is 0 Å². The molecule has 0 radical (unpaired) electrons. The van der Waals surface area contributed by atoms with Gasteiger partial charge in [0.25, 0.3) is 0 Å². The van der Waals surface area contributed by atoms with E-state index in [9.17, 15) is 29.0 Å². The van der Waals surface area contributed by atoms with Gasteiger partial charge in [0.15, 0.2) is 0 Å². The Labute approximate surface area is 161 Å². The summed E-state index contributed by atoms with van der Waals surface area (Å²) in [6.07, 6.45) is 3.22. The van der Waals surface area contributed by atoms with Gasteiger partial charge in [0, 0.05) is 12.4 Å². The van der Waals surface area contributed by atoms with Crippen molar-refractivity contribution in [2.45, 2.75) is 45.4 Å². The molecule has 3 N–H and O–H groups in total. The first-order valence-electron chi connectivity index (χ1n) is 8.89. The molecule has 0 saturated carbocycles. The number of carbonyl (C=O) groups is 2. The number of benzene rings is 1. The van der Waals surface area contributed by atoms with E-state index in [0.717, 1.165) is 5.56 Å². The fourth-order valence-corrected chi connectivity index (χ4v) is 2.85. The normalized spacial score (nSPS) is 13.4. The minimum Gasteiger partial charge on any atom is -0.480 e. The highest BCUT2D eigenvalue weighted by atomic mass is 19.1. The molecule has 0 saturated heterocycles. The average Bonchev–Trinajstić information content (AvgIpc) is 2.95. The molecule has 152 valence electrons. The molecule has 0 fully saturated rings. The van der Waals surface area contributed by atoms with E-state index in [-0.39, 0.29) is 31.2 Å². The zero-order chi connectivity index (χ0) is 20.8. The molecule has 9 heteroatoms. The number of nitrogens with zero attached hydrogens (tertiary/aromatic N) is 2. The van der Waals surface area contributed by atoms with Crippen LogP contribution in [0.3, 0.4) is 0 Å². The van der Waals surface area contributed by atoms with Crippen LogP contribution in [0.4, 0.5) is 4.39 Å². The van der Waals surface area contributed by atoms with Gasteiger partial charge in [-0.25, -0.2) is 9.18 Å². The van der Waals surface area contributed by atoms with Crippen LogP contribution in [-0.4, -0.2) is 43.4 Å². The lowest BCUT2D eigenvalue weighted by atomic mass is 10.0. The number of aromatic nitrogens is 2. The number of carboxylic acids is 2. The molecule has 0 spiro atoms. The number of aliphatic carboxylic acids is 2. The number of carboxylic acid groups (broad SMARTS) is 2. The molecule has 0 aliphatic heterocycles. The zero-order valence-corrected chi connectivity index (χ0v) is 15.7. The van der Waals surface area contributed by atoms with Crippen molar-refractivity contribution in [1.82, 2.24) is 14.5 Å². The first kappa shape index (κ1) is 21.4. The summed E-state index contributed by atoms with van der Waals surface area (Å²) in [7, 11) is 0. The SMILES string of the molecule is CC(C)CC(NC(Cn1ccn(Cc2ccc(F)cc2)c1=O)C(=O)O)C(=O)O. The van der Waals surface area contributed by atoms with Gasteiger partial charge in [-0.05, 0) is 30.0 Å². The van der Waals surface area contributed by atoms with E-state index in [1.807, 2.05) is 13.8 Å². The van der Waals surface area contributed by atoms with Crippen molar-refractivity contribution in [2.75, 3.05) is 0 Å². The largest absolute Gasteiger partial charge is 0.480 e. The Hall–Kier alpha value is -2.94. The summed E-state index contributed by atoms with van der Waals surface area (Å²) in [4.78, 5) is 35.5. The second-order valence-electron chi connectivity index (χ2n) is 7.07. The maximum absolute atomic E-state index is 13.0. The van der Waals surface area contributed by atoms with Crippen LogP contribution >= 0.6 is 0 Å². The van der Waals surface area contributed by atoms with E-state index in [1.54, 1.807) is 12.1 Å². The summed E-state index contributed by atoms with van der Waals surface area (Å²) >= 11 is 0. The Morgan fingerprint density at radius 1 is 1.04 bits per heavy atom. The lowest BCUT2D eigenvalue weighted by Gasteiger charge is -2.21. The van der Waals surface area contributed by atoms with Gasteiger partial charge in [0.05, 0.1) is 13.1 Å². The van der Waals surface area contributed by atoms with Crippen LogP contribution in [0.5, 0.6) is 0 Å². The molecule has 1 aromatic heterocycles. The van der Waals surface area contributed by atoms with E-state index in [1.165, 1.54) is 33.7 Å². The zero-order valence-electron chi connectivity index (χ0n) is 15.7. The first-order valence-corrected chi connectivity index (χ1v) is 8.89. The lowest BCUT2D eigenvalue weighted by molar-refractivity contribution is -0.143. The highest BCUT2D eigenvalue weighted by Crippen LogP contribution is 2.07. The number of hydrogen-bond donors (Lipinski definition) is 3. The summed E-state index contributed by atoms with van der Waals surface area (Å²) in [5, 5.41) is 21.4. The van der Waals surface area contributed by atoms with Gasteiger partial charge in [-0.3, -0.25) is 24.0 Å². The van der Waals surface area contributed by atoms with Crippen molar-refractivity contribution in [3.8, 4) is 0 Å². The topological polar surface area (TPSA) is 114 Å². The predicted molar refractivity (Wildman–Crippen MR) is 99.6 cm³/mol. The highest BCUT2D eigenvalue weighted by Gasteiger charge is 2.27. The maximum Gasteiger partial charge on any atom is 0.328 e. The van der Waals surface area contributed by atoms with Crippen LogP contribution < -0.4 is 11.0 Å². The van der Waals surface area contributed by atoms with Crippen LogP contribution in [0.25, 0.3) is 0 Å². The number of rotatable bonds is 10. The molecule has 0 bridgehead atoms. The third kappa shape index (κ3) is 5.78. The minimum absolute atomic E-state index is 0.0579.